The van der Waals surface area contributed by atoms with Gasteiger partial charge in [0.15, 0.2) is 0 Å². The predicted molar refractivity (Wildman–Crippen MR) is 165 cm³/mol. The van der Waals surface area contributed by atoms with Crippen LogP contribution in [0.5, 0.6) is 11.5 Å². The molecule has 0 aliphatic rings. The van der Waals surface area contributed by atoms with Gasteiger partial charge in [0.2, 0.25) is 10.3 Å². The summed E-state index contributed by atoms with van der Waals surface area (Å²) in [6.45, 7) is 0. The van der Waals surface area contributed by atoms with Gasteiger partial charge in [0.05, 0.1) is 20.4 Å². The van der Waals surface area contributed by atoms with E-state index in [0.29, 0.717) is 21.4 Å². The number of aromatic nitrogens is 2. The van der Waals surface area contributed by atoms with E-state index in [0.717, 1.165) is 29.4 Å². The van der Waals surface area contributed by atoms with Crippen molar-refractivity contribution in [3.05, 3.63) is 105 Å². The van der Waals surface area contributed by atoms with Gasteiger partial charge < -0.3 is 10.2 Å². The number of hydrogen-bond donors (Lipinski definition) is 2. The van der Waals surface area contributed by atoms with Crippen LogP contribution in [0.15, 0.2) is 104 Å². The zero-order chi connectivity index (χ0) is 26.5. The van der Waals surface area contributed by atoms with Crippen LogP contribution in [0, 0.1) is 0 Å². The molecule has 6 aromatic rings. The monoisotopic (exact) mass is 727 g/mol. The molecule has 0 unspecified atom stereocenters. The smallest absolute Gasteiger partial charge is 0.210 e. The molecule has 1 radical (unpaired) electrons. The molecule has 0 saturated carbocycles. The van der Waals surface area contributed by atoms with Crippen LogP contribution in [-0.4, -0.2) is 32.6 Å². The van der Waals surface area contributed by atoms with Crippen LogP contribution in [0.25, 0.3) is 20.4 Å². The molecule has 0 aliphatic heterocycles. The molecule has 0 bridgehead atoms. The number of nitrogens with zero attached hydrogens (tertiary/aromatic N) is 4. The Bertz CT molecular complexity index is 1610. The number of para-hydroxylation sites is 2. The van der Waals surface area contributed by atoms with Crippen molar-refractivity contribution in [2.75, 3.05) is 0 Å². The van der Waals surface area contributed by atoms with Crippen molar-refractivity contribution < 1.29 is 27.3 Å². The summed E-state index contributed by atoms with van der Waals surface area (Å²) in [6, 6.07) is 26.3. The topological polar surface area (TPSA) is 91.0 Å². The van der Waals surface area contributed by atoms with E-state index in [9.17, 15) is 10.2 Å². The van der Waals surface area contributed by atoms with Gasteiger partial charge in [0, 0.05) is 49.6 Å². The molecule has 0 fully saturated rings. The Labute approximate surface area is 259 Å². The van der Waals surface area contributed by atoms with Gasteiger partial charge in [-0.15, -0.1) is 0 Å². The molecule has 199 valence electrons. The van der Waals surface area contributed by atoms with Crippen molar-refractivity contribution in [2.45, 2.75) is 0 Å². The van der Waals surface area contributed by atoms with Crippen LogP contribution in [0.2, 0.25) is 0 Å². The van der Waals surface area contributed by atoms with E-state index < -0.39 is 0 Å². The van der Waals surface area contributed by atoms with Crippen LogP contribution in [0.4, 0.5) is 10.3 Å². The summed E-state index contributed by atoms with van der Waals surface area (Å²) in [5, 5.41) is 20.8. The van der Waals surface area contributed by atoms with Crippen LogP contribution < -0.4 is 0 Å². The maximum atomic E-state index is 9.72. The van der Waals surface area contributed by atoms with Crippen molar-refractivity contribution in [2.24, 2.45) is 9.98 Å². The first-order valence-electron chi connectivity index (χ1n) is 11.2. The number of thiazole rings is 2. The number of hydrogen-bond acceptors (Lipinski definition) is 8. The Kier molecular flexibility index (Phi) is 10.0. The zero-order valence-electron chi connectivity index (χ0n) is 19.8. The number of rotatable bonds is 4. The average Bonchev–Trinajstić information content (AvgIpc) is 3.53. The summed E-state index contributed by atoms with van der Waals surface area (Å²) in [4.78, 5) is 17.4. The number of phenolic OH excluding ortho intramolecular Hbond substituents is 2. The second-order valence-electron chi connectivity index (χ2n) is 7.85. The number of aromatic hydroxyl groups is 2. The number of halogens is 2. The van der Waals surface area contributed by atoms with Gasteiger partial charge in [-0.3, -0.25) is 0 Å². The summed E-state index contributed by atoms with van der Waals surface area (Å²) in [6.07, 6.45) is 3.25. The fourth-order valence-electron chi connectivity index (χ4n) is 3.34. The van der Waals surface area contributed by atoms with Gasteiger partial charge in [-0.05, 0) is 60.7 Å². The predicted octanol–water partition coefficient (Wildman–Crippen LogP) is 9.03. The zero-order valence-corrected chi connectivity index (χ0v) is 25.5. The van der Waals surface area contributed by atoms with E-state index >= 15 is 0 Å². The minimum Gasteiger partial charge on any atom is -0.507 e. The molecule has 4 aromatic carbocycles. The summed E-state index contributed by atoms with van der Waals surface area (Å²) < 4.78 is 4.01. The first kappa shape index (κ1) is 29.1. The largest absolute Gasteiger partial charge is 0.507 e. The molecule has 0 aliphatic carbocycles. The number of fused-ring (bicyclic) bond motifs is 2. The molecule has 11 heteroatoms. The fourth-order valence-corrected chi connectivity index (χ4v) is 5.72. The first-order valence-corrected chi connectivity index (χ1v) is 14.4. The Balaban J connectivity index is 0.000000176. The molecule has 0 saturated heterocycles. The summed E-state index contributed by atoms with van der Waals surface area (Å²) in [5.74, 6) is 0.404. The van der Waals surface area contributed by atoms with Gasteiger partial charge in [0.1, 0.15) is 11.5 Å². The molecule has 0 atom stereocenters. The van der Waals surface area contributed by atoms with Crippen molar-refractivity contribution >= 4 is 97.7 Å². The maximum Gasteiger partial charge on any atom is 0.210 e. The van der Waals surface area contributed by atoms with E-state index in [4.69, 9.17) is 0 Å². The Hall–Kier alpha value is -2.92. The quantitative estimate of drug-likeness (QED) is 0.140. The van der Waals surface area contributed by atoms with Crippen molar-refractivity contribution in [3.8, 4) is 11.5 Å². The summed E-state index contributed by atoms with van der Waals surface area (Å²) in [5.41, 5.74) is 3.21. The molecule has 0 spiro atoms. The van der Waals surface area contributed by atoms with Gasteiger partial charge in [-0.2, -0.15) is 0 Å². The molecule has 0 amide bonds. The van der Waals surface area contributed by atoms with E-state index in [-0.39, 0.29) is 28.6 Å². The second-order valence-corrected chi connectivity index (χ2v) is 11.7. The van der Waals surface area contributed by atoms with Crippen molar-refractivity contribution in [1.29, 1.82) is 0 Å². The summed E-state index contributed by atoms with van der Waals surface area (Å²) in [7, 11) is 0. The van der Waals surface area contributed by atoms with E-state index in [1.165, 1.54) is 22.7 Å². The van der Waals surface area contributed by atoms with Crippen LogP contribution in [0.1, 0.15) is 11.1 Å². The summed E-state index contributed by atoms with van der Waals surface area (Å²) >= 11 is 9.78. The standard InChI is InChI=1S/2C14H9BrN2OS.Cu/c2*15-10-5-6-12(18)9(7-10)8-16-14-17-11-3-1-2-4-13(11)19-14;/h2*1-8,18H;/b2*16-8+;. The van der Waals surface area contributed by atoms with Crippen molar-refractivity contribution in [1.82, 2.24) is 9.97 Å². The van der Waals surface area contributed by atoms with Crippen molar-refractivity contribution in [3.63, 3.8) is 0 Å². The third-order valence-corrected chi connectivity index (χ3v) is 8.05. The number of phenols is 2. The van der Waals surface area contributed by atoms with Gasteiger partial charge in [0.25, 0.3) is 0 Å². The molecule has 2 N–H and O–H groups in total. The number of aliphatic imine (C=N–C) groups is 2. The van der Waals surface area contributed by atoms with E-state index in [1.807, 2.05) is 60.7 Å². The molecular formula is C28H18Br2CuN4O2S2. The van der Waals surface area contributed by atoms with Gasteiger partial charge >= 0.3 is 0 Å². The minimum atomic E-state index is 0. The fraction of sp³-hybridized carbons (Fsp3) is 0. The molecular weight excluding hydrogens is 712 g/mol. The molecule has 6 nitrogen and oxygen atoms in total. The first-order chi connectivity index (χ1) is 18.4. The van der Waals surface area contributed by atoms with Crippen LogP contribution in [-0.2, 0) is 17.1 Å². The SMILES string of the molecule is Oc1ccc(Br)cc1/C=N/c1nc2ccccc2s1.Oc1ccc(Br)cc1/C=N/c1nc2ccccc2s1.[Cu]. The average molecular weight is 730 g/mol. The van der Waals surface area contributed by atoms with E-state index in [1.54, 1.807) is 36.7 Å². The van der Waals surface area contributed by atoms with Crippen LogP contribution >= 0.6 is 54.5 Å². The van der Waals surface area contributed by atoms with Gasteiger partial charge in [-0.1, -0.05) is 78.8 Å². The number of benzene rings is 4. The minimum absolute atomic E-state index is 0. The Morgan fingerprint density at radius 3 is 1.44 bits per heavy atom. The Morgan fingerprint density at radius 1 is 0.615 bits per heavy atom. The molecule has 39 heavy (non-hydrogen) atoms. The maximum absolute atomic E-state index is 9.72. The van der Waals surface area contributed by atoms with Crippen LogP contribution in [0.3, 0.4) is 0 Å². The van der Waals surface area contributed by atoms with Gasteiger partial charge in [-0.25, -0.2) is 20.0 Å². The molecule has 2 aromatic heterocycles. The molecule has 6 rings (SSSR count). The Morgan fingerprint density at radius 2 is 1.03 bits per heavy atom. The normalized spacial score (nSPS) is 11.1. The second kappa shape index (κ2) is 13.4. The van der Waals surface area contributed by atoms with E-state index in [2.05, 4.69) is 51.8 Å². The molecule has 2 heterocycles. The third-order valence-electron chi connectivity index (χ3n) is 5.17. The third kappa shape index (κ3) is 7.60.